The Kier molecular flexibility index (Phi) is 5.99. The zero-order chi connectivity index (χ0) is 20.9. The molecule has 2 aromatic carbocycles. The zero-order valence-corrected chi connectivity index (χ0v) is 17.0. The normalized spacial score (nSPS) is 19.8. The Balaban J connectivity index is 1.54. The van der Waals surface area contributed by atoms with Crippen LogP contribution in [-0.2, 0) is 9.53 Å². The minimum absolute atomic E-state index is 0.311. The van der Waals surface area contributed by atoms with Crippen LogP contribution >= 0.6 is 0 Å². The highest BCUT2D eigenvalue weighted by molar-refractivity contribution is 5.95. The lowest BCUT2D eigenvalue weighted by Crippen LogP contribution is -2.51. The van der Waals surface area contributed by atoms with Gasteiger partial charge in [0, 0.05) is 44.1 Å². The van der Waals surface area contributed by atoms with E-state index in [1.54, 1.807) is 0 Å². The molecule has 2 amide bonds. The quantitative estimate of drug-likeness (QED) is 0.746. The van der Waals surface area contributed by atoms with Gasteiger partial charge in [-0.05, 0) is 17.7 Å². The number of carbonyl (C=O) groups excluding carboxylic acids is 2. The minimum atomic E-state index is -0.534. The Labute approximate surface area is 176 Å². The number of carbonyl (C=O) groups is 2. The fourth-order valence-electron chi connectivity index (χ4n) is 4.02. The monoisotopic (exact) mass is 406 g/mol. The van der Waals surface area contributed by atoms with E-state index in [2.05, 4.69) is 32.6 Å². The number of esters is 1. The second-order valence-electron chi connectivity index (χ2n) is 7.42. The first kappa shape index (κ1) is 20.0. The number of nitrogens with zero attached hydrogens (tertiary/aromatic N) is 2. The summed E-state index contributed by atoms with van der Waals surface area (Å²) in [6.07, 6.45) is 0. The fourth-order valence-corrected chi connectivity index (χ4v) is 4.02. The molecule has 0 aromatic heterocycles. The molecule has 2 aliphatic heterocycles. The van der Waals surface area contributed by atoms with Gasteiger partial charge in [-0.3, -0.25) is 4.90 Å². The number of hydrogen-bond acceptors (Lipinski definition) is 5. The van der Waals surface area contributed by atoms with E-state index in [1.165, 1.54) is 12.8 Å². The molecule has 2 N–H and O–H groups in total. The molecule has 30 heavy (non-hydrogen) atoms. The Morgan fingerprint density at radius 1 is 1.00 bits per heavy atom. The average Bonchev–Trinajstić information content (AvgIpc) is 2.80. The van der Waals surface area contributed by atoms with Crippen LogP contribution in [0, 0.1) is 0 Å². The molecule has 1 atom stereocenters. The Morgan fingerprint density at radius 3 is 2.27 bits per heavy atom. The number of rotatable bonds is 5. The van der Waals surface area contributed by atoms with Crippen molar-refractivity contribution in [3.63, 3.8) is 0 Å². The van der Waals surface area contributed by atoms with Crippen LogP contribution in [0.5, 0.6) is 0 Å². The van der Waals surface area contributed by atoms with E-state index in [9.17, 15) is 9.59 Å². The van der Waals surface area contributed by atoms with Crippen molar-refractivity contribution in [2.75, 3.05) is 44.7 Å². The van der Waals surface area contributed by atoms with Gasteiger partial charge in [0.2, 0.25) is 0 Å². The fraction of sp³-hybridized carbons (Fsp3) is 0.304. The number of hydrogen-bond donors (Lipinski definition) is 2. The van der Waals surface area contributed by atoms with Gasteiger partial charge in [0.1, 0.15) is 0 Å². The summed E-state index contributed by atoms with van der Waals surface area (Å²) >= 11 is 0. The minimum Gasteiger partial charge on any atom is -0.466 e. The van der Waals surface area contributed by atoms with Gasteiger partial charge in [0.15, 0.2) is 0 Å². The highest BCUT2D eigenvalue weighted by Crippen LogP contribution is 2.28. The molecule has 1 fully saturated rings. The van der Waals surface area contributed by atoms with Crippen molar-refractivity contribution in [1.82, 2.24) is 15.5 Å². The molecule has 0 bridgehead atoms. The van der Waals surface area contributed by atoms with Crippen LogP contribution in [0.15, 0.2) is 71.9 Å². The van der Waals surface area contributed by atoms with E-state index >= 15 is 0 Å². The first-order valence-corrected chi connectivity index (χ1v) is 10.1. The third kappa shape index (κ3) is 4.31. The maximum absolute atomic E-state index is 12.6. The lowest BCUT2D eigenvalue weighted by Gasteiger charge is -2.38. The van der Waals surface area contributed by atoms with E-state index < -0.39 is 12.0 Å². The van der Waals surface area contributed by atoms with Crippen molar-refractivity contribution in [1.29, 1.82) is 0 Å². The van der Waals surface area contributed by atoms with Gasteiger partial charge in [-0.2, -0.15) is 0 Å². The standard InChI is InChI=1S/C23H26N4O3/c1-30-22(28)20-19(24-23(29)25-21(20)17-8-4-2-5-9-17)16-26-12-14-27(15-13-26)18-10-6-3-7-11-18/h2-11,21H,12-16H2,1H3,(H2,24,25,29). The van der Waals surface area contributed by atoms with Crippen LogP contribution in [0.3, 0.4) is 0 Å². The van der Waals surface area contributed by atoms with Crippen LogP contribution in [0.4, 0.5) is 10.5 Å². The van der Waals surface area contributed by atoms with Crippen molar-refractivity contribution >= 4 is 17.7 Å². The number of benzene rings is 2. The van der Waals surface area contributed by atoms with E-state index in [4.69, 9.17) is 4.74 Å². The highest BCUT2D eigenvalue weighted by atomic mass is 16.5. The first-order valence-electron chi connectivity index (χ1n) is 10.1. The van der Waals surface area contributed by atoms with Gasteiger partial charge >= 0.3 is 12.0 Å². The van der Waals surface area contributed by atoms with Crippen molar-refractivity contribution in [2.45, 2.75) is 6.04 Å². The highest BCUT2D eigenvalue weighted by Gasteiger charge is 2.34. The topological polar surface area (TPSA) is 73.9 Å². The van der Waals surface area contributed by atoms with E-state index in [0.717, 1.165) is 31.7 Å². The second kappa shape index (κ2) is 9.00. The number of ether oxygens (including phenoxy) is 1. The van der Waals surface area contributed by atoms with Crippen molar-refractivity contribution in [3.8, 4) is 0 Å². The largest absolute Gasteiger partial charge is 0.466 e. The molecule has 0 saturated carbocycles. The van der Waals surface area contributed by atoms with Crippen LogP contribution in [-0.4, -0.2) is 56.7 Å². The molecule has 1 unspecified atom stereocenters. The van der Waals surface area contributed by atoms with Crippen LogP contribution < -0.4 is 15.5 Å². The lowest BCUT2D eigenvalue weighted by molar-refractivity contribution is -0.136. The molecule has 2 aromatic rings. The molecule has 7 nitrogen and oxygen atoms in total. The molecule has 0 radical (unpaired) electrons. The van der Waals surface area contributed by atoms with Crippen molar-refractivity contribution in [2.24, 2.45) is 0 Å². The number of anilines is 1. The van der Waals surface area contributed by atoms with Gasteiger partial charge in [-0.25, -0.2) is 9.59 Å². The Hall–Kier alpha value is -3.32. The molecular weight excluding hydrogens is 380 g/mol. The summed E-state index contributed by atoms with van der Waals surface area (Å²) in [7, 11) is 1.37. The zero-order valence-electron chi connectivity index (χ0n) is 17.0. The SMILES string of the molecule is COC(=O)C1=C(CN2CCN(c3ccccc3)CC2)NC(=O)NC1c1ccccc1. The smallest absolute Gasteiger partial charge is 0.338 e. The van der Waals surface area contributed by atoms with Gasteiger partial charge in [0.25, 0.3) is 0 Å². The summed E-state index contributed by atoms with van der Waals surface area (Å²) < 4.78 is 5.06. The van der Waals surface area contributed by atoms with Gasteiger partial charge in [-0.1, -0.05) is 48.5 Å². The molecule has 2 aliphatic rings. The predicted molar refractivity (Wildman–Crippen MR) is 115 cm³/mol. The number of amides is 2. The van der Waals surface area contributed by atoms with E-state index in [0.29, 0.717) is 17.8 Å². The number of nitrogens with one attached hydrogen (secondary N) is 2. The lowest BCUT2D eigenvalue weighted by atomic mass is 9.95. The Bertz CT molecular complexity index is 922. The maximum atomic E-state index is 12.6. The number of methoxy groups -OCH3 is 1. The van der Waals surface area contributed by atoms with Gasteiger partial charge in [-0.15, -0.1) is 0 Å². The van der Waals surface area contributed by atoms with Crippen LogP contribution in [0.25, 0.3) is 0 Å². The predicted octanol–water partition coefficient (Wildman–Crippen LogP) is 2.29. The first-order chi connectivity index (χ1) is 14.7. The number of urea groups is 1. The third-order valence-corrected chi connectivity index (χ3v) is 5.57. The van der Waals surface area contributed by atoms with Crippen LogP contribution in [0.2, 0.25) is 0 Å². The maximum Gasteiger partial charge on any atom is 0.338 e. The molecule has 1 saturated heterocycles. The number of piperazine rings is 1. The van der Waals surface area contributed by atoms with Crippen molar-refractivity contribution in [3.05, 3.63) is 77.5 Å². The van der Waals surface area contributed by atoms with Crippen molar-refractivity contribution < 1.29 is 14.3 Å². The summed E-state index contributed by atoms with van der Waals surface area (Å²) in [4.78, 5) is 29.6. The average molecular weight is 406 g/mol. The molecular formula is C23H26N4O3. The molecule has 2 heterocycles. The molecule has 7 heteroatoms. The third-order valence-electron chi connectivity index (χ3n) is 5.57. The van der Waals surface area contributed by atoms with Gasteiger partial charge in [0.05, 0.1) is 18.7 Å². The van der Waals surface area contributed by atoms with Gasteiger partial charge < -0.3 is 20.3 Å². The molecule has 156 valence electrons. The summed E-state index contributed by atoms with van der Waals surface area (Å²) in [5.41, 5.74) is 3.12. The second-order valence-corrected chi connectivity index (χ2v) is 7.42. The molecule has 0 spiro atoms. The number of para-hydroxylation sites is 1. The summed E-state index contributed by atoms with van der Waals surface area (Å²) in [6, 6.07) is 19.0. The summed E-state index contributed by atoms with van der Waals surface area (Å²) in [5.74, 6) is -0.436. The Morgan fingerprint density at radius 2 is 1.63 bits per heavy atom. The summed E-state index contributed by atoms with van der Waals surface area (Å²) in [5, 5.41) is 5.70. The molecule has 4 rings (SSSR count). The summed E-state index contributed by atoms with van der Waals surface area (Å²) in [6.45, 7) is 3.94. The van der Waals surface area contributed by atoms with Crippen LogP contribution in [0.1, 0.15) is 11.6 Å². The molecule has 0 aliphatic carbocycles. The van der Waals surface area contributed by atoms with E-state index in [-0.39, 0.29) is 6.03 Å². The van der Waals surface area contributed by atoms with E-state index in [1.807, 2.05) is 48.5 Å².